The topological polar surface area (TPSA) is 71.1 Å². The minimum Gasteiger partial charge on any atom is -0.308 e. The molecule has 92 valence electrons. The van der Waals surface area contributed by atoms with Crippen LogP contribution in [0.4, 0.5) is 10.5 Å². The van der Waals surface area contributed by atoms with Crippen LogP contribution in [0.15, 0.2) is 36.5 Å². The van der Waals surface area contributed by atoms with Gasteiger partial charge in [-0.3, -0.25) is 15.1 Å². The summed E-state index contributed by atoms with van der Waals surface area (Å²) in [5, 5.41) is 5.53. The molecule has 0 saturated carbocycles. The molecule has 1 aromatic carbocycles. The second-order valence-corrected chi connectivity index (χ2v) is 3.81. The monoisotopic (exact) mass is 263 g/mol. The number of anilines is 1. The zero-order valence-corrected chi connectivity index (χ0v) is 10.1. The lowest BCUT2D eigenvalue weighted by atomic mass is 10.2. The molecule has 0 atom stereocenters. The SMILES string of the molecule is O=C(CCl)NC(=O)Nc1ccc2ncccc2c1. The van der Waals surface area contributed by atoms with Crippen molar-refractivity contribution in [3.8, 4) is 0 Å². The third-order valence-corrected chi connectivity index (χ3v) is 2.48. The molecular weight excluding hydrogens is 254 g/mol. The summed E-state index contributed by atoms with van der Waals surface area (Å²) in [6, 6.07) is 8.35. The van der Waals surface area contributed by atoms with Crippen LogP contribution in [0.2, 0.25) is 0 Å². The summed E-state index contributed by atoms with van der Waals surface area (Å²) in [5.41, 5.74) is 1.41. The average molecular weight is 264 g/mol. The van der Waals surface area contributed by atoms with Crippen LogP contribution in [-0.4, -0.2) is 22.8 Å². The number of hydrogen-bond donors (Lipinski definition) is 2. The van der Waals surface area contributed by atoms with Crippen LogP contribution in [0, 0.1) is 0 Å². The van der Waals surface area contributed by atoms with Crippen LogP contribution in [0.3, 0.4) is 0 Å². The average Bonchev–Trinajstić information content (AvgIpc) is 2.38. The van der Waals surface area contributed by atoms with Crippen LogP contribution >= 0.6 is 11.6 Å². The van der Waals surface area contributed by atoms with Crippen LogP contribution in [0.25, 0.3) is 10.9 Å². The van der Waals surface area contributed by atoms with Gasteiger partial charge in [-0.1, -0.05) is 6.07 Å². The molecule has 0 fully saturated rings. The number of aromatic nitrogens is 1. The number of nitrogens with one attached hydrogen (secondary N) is 2. The molecule has 0 saturated heterocycles. The van der Waals surface area contributed by atoms with Crippen molar-refractivity contribution in [1.82, 2.24) is 10.3 Å². The molecule has 5 nitrogen and oxygen atoms in total. The van der Waals surface area contributed by atoms with E-state index in [1.807, 2.05) is 12.1 Å². The molecule has 2 rings (SSSR count). The summed E-state index contributed by atoms with van der Waals surface area (Å²) in [7, 11) is 0. The van der Waals surface area contributed by atoms with Gasteiger partial charge in [0.05, 0.1) is 5.52 Å². The number of carbonyl (C=O) groups excluding carboxylic acids is 2. The number of urea groups is 1. The fourth-order valence-corrected chi connectivity index (χ4v) is 1.54. The number of benzene rings is 1. The molecule has 2 N–H and O–H groups in total. The first-order valence-corrected chi connectivity index (χ1v) is 5.74. The summed E-state index contributed by atoms with van der Waals surface area (Å²) < 4.78 is 0. The molecule has 3 amide bonds. The Morgan fingerprint density at radius 1 is 1.28 bits per heavy atom. The van der Waals surface area contributed by atoms with Gasteiger partial charge in [0.15, 0.2) is 0 Å². The predicted molar refractivity (Wildman–Crippen MR) is 69.6 cm³/mol. The van der Waals surface area contributed by atoms with E-state index in [9.17, 15) is 9.59 Å². The van der Waals surface area contributed by atoms with Gasteiger partial charge in [-0.05, 0) is 24.3 Å². The third-order valence-electron chi connectivity index (χ3n) is 2.24. The van der Waals surface area contributed by atoms with Gasteiger partial charge in [0.2, 0.25) is 5.91 Å². The lowest BCUT2D eigenvalue weighted by Crippen LogP contribution is -2.35. The molecule has 0 spiro atoms. The van der Waals surface area contributed by atoms with E-state index in [0.717, 1.165) is 10.9 Å². The number of pyridine rings is 1. The molecule has 0 unspecified atom stereocenters. The number of fused-ring (bicyclic) bond motifs is 1. The van der Waals surface area contributed by atoms with E-state index in [4.69, 9.17) is 11.6 Å². The van der Waals surface area contributed by atoms with E-state index >= 15 is 0 Å². The molecule has 0 bridgehead atoms. The van der Waals surface area contributed by atoms with Gasteiger partial charge in [-0.15, -0.1) is 11.6 Å². The maximum atomic E-state index is 11.4. The van der Waals surface area contributed by atoms with Crippen LogP contribution in [0.5, 0.6) is 0 Å². The van der Waals surface area contributed by atoms with Crippen molar-refractivity contribution in [2.45, 2.75) is 0 Å². The van der Waals surface area contributed by atoms with Crippen molar-refractivity contribution >= 4 is 40.1 Å². The van der Waals surface area contributed by atoms with E-state index in [1.54, 1.807) is 24.4 Å². The van der Waals surface area contributed by atoms with E-state index in [0.29, 0.717) is 5.69 Å². The second kappa shape index (κ2) is 5.46. The Kier molecular flexibility index (Phi) is 3.74. The van der Waals surface area contributed by atoms with Gasteiger partial charge >= 0.3 is 6.03 Å². The van der Waals surface area contributed by atoms with Gasteiger partial charge in [-0.2, -0.15) is 0 Å². The number of halogens is 1. The number of carbonyl (C=O) groups is 2. The van der Waals surface area contributed by atoms with Crippen molar-refractivity contribution in [2.24, 2.45) is 0 Å². The zero-order valence-electron chi connectivity index (χ0n) is 9.31. The molecule has 1 heterocycles. The Balaban J connectivity index is 2.12. The third kappa shape index (κ3) is 2.95. The first kappa shape index (κ1) is 12.3. The number of amides is 3. The molecule has 0 aliphatic carbocycles. The Labute approximate surface area is 108 Å². The number of imide groups is 1. The molecule has 18 heavy (non-hydrogen) atoms. The standard InChI is InChI=1S/C12H10ClN3O2/c13-7-11(17)16-12(18)15-9-3-4-10-8(6-9)2-1-5-14-10/h1-6H,7H2,(H2,15,16,17,18). The van der Waals surface area contributed by atoms with Gasteiger partial charge in [0, 0.05) is 17.3 Å². The fraction of sp³-hybridized carbons (Fsp3) is 0.0833. The largest absolute Gasteiger partial charge is 0.325 e. The molecule has 0 aliphatic heterocycles. The predicted octanol–water partition coefficient (Wildman–Crippen LogP) is 2.12. The summed E-state index contributed by atoms with van der Waals surface area (Å²) in [6.45, 7) is 0. The first-order chi connectivity index (χ1) is 8.69. The minimum absolute atomic E-state index is 0.255. The van der Waals surface area contributed by atoms with Crippen LogP contribution < -0.4 is 10.6 Å². The summed E-state index contributed by atoms with van der Waals surface area (Å²) >= 11 is 5.28. The highest BCUT2D eigenvalue weighted by molar-refractivity contribution is 6.28. The molecule has 1 aromatic heterocycles. The minimum atomic E-state index is -0.608. The molecule has 6 heteroatoms. The number of alkyl halides is 1. The van der Waals surface area contributed by atoms with Crippen molar-refractivity contribution in [2.75, 3.05) is 11.2 Å². The van der Waals surface area contributed by atoms with E-state index < -0.39 is 11.9 Å². The summed E-state index contributed by atoms with van der Waals surface area (Å²) in [6.07, 6.45) is 1.70. The molecular formula is C12H10ClN3O2. The number of hydrogen-bond acceptors (Lipinski definition) is 3. The normalized spacial score (nSPS) is 10.1. The van der Waals surface area contributed by atoms with E-state index in [-0.39, 0.29) is 5.88 Å². The van der Waals surface area contributed by atoms with Crippen molar-refractivity contribution < 1.29 is 9.59 Å². The quantitative estimate of drug-likeness (QED) is 0.816. The van der Waals surface area contributed by atoms with E-state index in [2.05, 4.69) is 15.6 Å². The lowest BCUT2D eigenvalue weighted by Gasteiger charge is -2.06. The van der Waals surface area contributed by atoms with Crippen LogP contribution in [-0.2, 0) is 4.79 Å². The highest BCUT2D eigenvalue weighted by Gasteiger charge is 2.06. The molecule has 0 aliphatic rings. The maximum absolute atomic E-state index is 11.4. The highest BCUT2D eigenvalue weighted by atomic mass is 35.5. The summed E-state index contributed by atoms with van der Waals surface area (Å²) in [5.74, 6) is -0.800. The maximum Gasteiger partial charge on any atom is 0.325 e. The fourth-order valence-electron chi connectivity index (χ4n) is 1.48. The summed E-state index contributed by atoms with van der Waals surface area (Å²) in [4.78, 5) is 26.5. The van der Waals surface area contributed by atoms with Crippen molar-refractivity contribution in [3.63, 3.8) is 0 Å². The lowest BCUT2D eigenvalue weighted by molar-refractivity contribution is -0.117. The Bertz CT molecular complexity index is 601. The van der Waals surface area contributed by atoms with Gasteiger partial charge < -0.3 is 5.32 Å². The second-order valence-electron chi connectivity index (χ2n) is 3.55. The van der Waals surface area contributed by atoms with E-state index in [1.165, 1.54) is 0 Å². The zero-order chi connectivity index (χ0) is 13.0. The first-order valence-electron chi connectivity index (χ1n) is 5.20. The van der Waals surface area contributed by atoms with Gasteiger partial charge in [-0.25, -0.2) is 4.79 Å². The van der Waals surface area contributed by atoms with Gasteiger partial charge in [0.1, 0.15) is 5.88 Å². The molecule has 0 radical (unpaired) electrons. The Morgan fingerprint density at radius 3 is 2.89 bits per heavy atom. The van der Waals surface area contributed by atoms with Crippen LogP contribution in [0.1, 0.15) is 0 Å². The Morgan fingerprint density at radius 2 is 2.11 bits per heavy atom. The number of nitrogens with zero attached hydrogens (tertiary/aromatic N) is 1. The van der Waals surface area contributed by atoms with Crippen molar-refractivity contribution in [1.29, 1.82) is 0 Å². The number of rotatable bonds is 2. The van der Waals surface area contributed by atoms with Crippen molar-refractivity contribution in [3.05, 3.63) is 36.5 Å². The highest BCUT2D eigenvalue weighted by Crippen LogP contribution is 2.16. The van der Waals surface area contributed by atoms with Gasteiger partial charge in [0.25, 0.3) is 0 Å². The molecule has 2 aromatic rings. The Hall–Kier alpha value is -2.14. The smallest absolute Gasteiger partial charge is 0.308 e.